The fraction of sp³-hybridized carbons (Fsp3) is 0.636. The first-order valence-electron chi connectivity index (χ1n) is 4.73. The van der Waals surface area contributed by atoms with E-state index >= 15 is 0 Å². The molecule has 0 aromatic heterocycles. The fourth-order valence-corrected chi connectivity index (χ4v) is 1.42. The first kappa shape index (κ1) is 12.9. The first-order chi connectivity index (χ1) is 6.52. The zero-order valence-electron chi connectivity index (χ0n) is 9.24. The molecular weight excluding hydrogens is 180 g/mol. The average molecular weight is 198 g/mol. The third kappa shape index (κ3) is 4.21. The molecular formula is C11H18O3. The number of ether oxygens (including phenoxy) is 1. The number of carbonyl (C=O) groups is 2. The molecule has 14 heavy (non-hydrogen) atoms. The molecule has 0 aliphatic heterocycles. The summed E-state index contributed by atoms with van der Waals surface area (Å²) in [5.41, 5.74) is 0. The zero-order chi connectivity index (χ0) is 11.1. The quantitative estimate of drug-likeness (QED) is 0.501. The van der Waals surface area contributed by atoms with Crippen molar-refractivity contribution in [1.29, 1.82) is 0 Å². The summed E-state index contributed by atoms with van der Waals surface area (Å²) >= 11 is 0. The van der Waals surface area contributed by atoms with Gasteiger partial charge in [-0.2, -0.15) is 0 Å². The molecule has 0 spiro atoms. The number of esters is 1. The van der Waals surface area contributed by atoms with Crippen molar-refractivity contribution in [2.75, 3.05) is 7.11 Å². The second-order valence-corrected chi connectivity index (χ2v) is 3.46. The van der Waals surface area contributed by atoms with Crippen molar-refractivity contribution < 1.29 is 14.3 Å². The van der Waals surface area contributed by atoms with E-state index in [0.717, 1.165) is 0 Å². The largest absolute Gasteiger partial charge is 0.469 e. The van der Waals surface area contributed by atoms with Crippen LogP contribution in [-0.2, 0) is 14.3 Å². The molecule has 0 amide bonds. The molecule has 0 aromatic carbocycles. The number of carbonyl (C=O) groups excluding carboxylic acids is 2. The van der Waals surface area contributed by atoms with Gasteiger partial charge in [0.05, 0.1) is 13.0 Å². The van der Waals surface area contributed by atoms with E-state index in [2.05, 4.69) is 4.74 Å². The van der Waals surface area contributed by atoms with Crippen LogP contribution in [0.25, 0.3) is 0 Å². The molecule has 0 aliphatic rings. The van der Waals surface area contributed by atoms with Gasteiger partial charge in [0.1, 0.15) is 5.78 Å². The van der Waals surface area contributed by atoms with Crippen molar-refractivity contribution in [3.8, 4) is 0 Å². The standard InChI is InChI=1S/C11H18O3/c1-5-6-10(11(13)14-4)8(2)7-9(3)12/h5-6,8,10H,7H2,1-4H3/b6-5+/t8-,10+/m0/s1. The van der Waals surface area contributed by atoms with Crippen LogP contribution < -0.4 is 0 Å². The molecule has 0 N–H and O–H groups in total. The van der Waals surface area contributed by atoms with E-state index in [1.807, 2.05) is 13.8 Å². The summed E-state index contributed by atoms with van der Waals surface area (Å²) < 4.78 is 4.67. The van der Waals surface area contributed by atoms with E-state index in [1.54, 1.807) is 12.2 Å². The van der Waals surface area contributed by atoms with Crippen molar-refractivity contribution in [3.05, 3.63) is 12.2 Å². The Morgan fingerprint density at radius 2 is 2.00 bits per heavy atom. The molecule has 3 nitrogen and oxygen atoms in total. The summed E-state index contributed by atoms with van der Waals surface area (Å²) in [5.74, 6) is -0.502. The van der Waals surface area contributed by atoms with Gasteiger partial charge in [-0.1, -0.05) is 19.1 Å². The molecule has 3 heteroatoms. The van der Waals surface area contributed by atoms with Gasteiger partial charge in [-0.3, -0.25) is 4.79 Å². The van der Waals surface area contributed by atoms with E-state index in [1.165, 1.54) is 14.0 Å². The van der Waals surface area contributed by atoms with E-state index < -0.39 is 0 Å². The minimum absolute atomic E-state index is 0.00356. The third-order valence-corrected chi connectivity index (χ3v) is 2.10. The van der Waals surface area contributed by atoms with E-state index in [0.29, 0.717) is 6.42 Å². The molecule has 0 fully saturated rings. The molecule has 0 bridgehead atoms. The monoisotopic (exact) mass is 198 g/mol. The summed E-state index contributed by atoms with van der Waals surface area (Å²) in [6.45, 7) is 5.25. The second kappa shape index (κ2) is 6.35. The maximum absolute atomic E-state index is 11.3. The molecule has 0 rings (SSSR count). The molecule has 2 atom stereocenters. The first-order valence-corrected chi connectivity index (χ1v) is 4.73. The van der Waals surface area contributed by atoms with Crippen molar-refractivity contribution in [3.63, 3.8) is 0 Å². The van der Waals surface area contributed by atoms with Crippen molar-refractivity contribution in [2.45, 2.75) is 27.2 Å². The number of rotatable bonds is 5. The summed E-state index contributed by atoms with van der Waals surface area (Å²) in [6, 6.07) is 0. The highest BCUT2D eigenvalue weighted by molar-refractivity contribution is 5.78. The number of allylic oxidation sites excluding steroid dienone is 1. The van der Waals surface area contributed by atoms with E-state index in [4.69, 9.17) is 0 Å². The number of hydrogen-bond acceptors (Lipinski definition) is 3. The summed E-state index contributed by atoms with van der Waals surface area (Å²) in [4.78, 5) is 22.2. The van der Waals surface area contributed by atoms with Crippen LogP contribution in [0.1, 0.15) is 27.2 Å². The lowest BCUT2D eigenvalue weighted by Crippen LogP contribution is -2.22. The van der Waals surface area contributed by atoms with Gasteiger partial charge < -0.3 is 9.53 Å². The Hall–Kier alpha value is -1.12. The smallest absolute Gasteiger partial charge is 0.312 e. The predicted octanol–water partition coefficient (Wildman–Crippen LogP) is 1.97. The van der Waals surface area contributed by atoms with Gasteiger partial charge >= 0.3 is 5.97 Å². The topological polar surface area (TPSA) is 43.4 Å². The molecule has 80 valence electrons. The van der Waals surface area contributed by atoms with Crippen LogP contribution in [0.15, 0.2) is 12.2 Å². The molecule has 0 unspecified atom stereocenters. The molecule has 0 aromatic rings. The van der Waals surface area contributed by atoms with Crippen molar-refractivity contribution >= 4 is 11.8 Å². The molecule has 0 radical (unpaired) electrons. The van der Waals surface area contributed by atoms with Crippen LogP contribution in [-0.4, -0.2) is 18.9 Å². The van der Waals surface area contributed by atoms with E-state index in [-0.39, 0.29) is 23.6 Å². The molecule has 0 saturated carbocycles. The van der Waals surface area contributed by atoms with Crippen LogP contribution in [0.2, 0.25) is 0 Å². The lowest BCUT2D eigenvalue weighted by molar-refractivity contribution is -0.145. The van der Waals surface area contributed by atoms with Gasteiger partial charge in [-0.25, -0.2) is 0 Å². The normalized spacial score (nSPS) is 15.1. The third-order valence-electron chi connectivity index (χ3n) is 2.10. The van der Waals surface area contributed by atoms with Gasteiger partial charge in [-0.15, -0.1) is 0 Å². The highest BCUT2D eigenvalue weighted by Gasteiger charge is 2.23. The number of Topliss-reactive ketones (excluding diaryl/α,β-unsaturated/α-hetero) is 1. The van der Waals surface area contributed by atoms with Crippen LogP contribution in [0.3, 0.4) is 0 Å². The van der Waals surface area contributed by atoms with E-state index in [9.17, 15) is 9.59 Å². The highest BCUT2D eigenvalue weighted by Crippen LogP contribution is 2.18. The Kier molecular flexibility index (Phi) is 5.84. The molecule has 0 saturated heterocycles. The average Bonchev–Trinajstić information content (AvgIpc) is 2.11. The molecule has 0 heterocycles. The number of hydrogen-bond donors (Lipinski definition) is 0. The van der Waals surface area contributed by atoms with Crippen LogP contribution >= 0.6 is 0 Å². The number of ketones is 1. The van der Waals surface area contributed by atoms with Gasteiger partial charge in [0.15, 0.2) is 0 Å². The van der Waals surface area contributed by atoms with Crippen LogP contribution in [0.5, 0.6) is 0 Å². The maximum atomic E-state index is 11.3. The fourth-order valence-electron chi connectivity index (χ4n) is 1.42. The van der Waals surface area contributed by atoms with Gasteiger partial charge in [0.2, 0.25) is 0 Å². The Bertz CT molecular complexity index is 231. The summed E-state index contributed by atoms with van der Waals surface area (Å²) in [6.07, 6.45) is 3.99. The maximum Gasteiger partial charge on any atom is 0.312 e. The Morgan fingerprint density at radius 1 is 1.43 bits per heavy atom. The summed E-state index contributed by atoms with van der Waals surface area (Å²) in [5, 5.41) is 0. The van der Waals surface area contributed by atoms with Gasteiger partial charge in [0, 0.05) is 6.42 Å². The minimum Gasteiger partial charge on any atom is -0.469 e. The minimum atomic E-state index is -0.311. The van der Waals surface area contributed by atoms with Crippen LogP contribution in [0.4, 0.5) is 0 Å². The zero-order valence-corrected chi connectivity index (χ0v) is 9.24. The summed E-state index contributed by atoms with van der Waals surface area (Å²) in [7, 11) is 1.36. The lowest BCUT2D eigenvalue weighted by atomic mass is 9.89. The molecule has 0 aliphatic carbocycles. The van der Waals surface area contributed by atoms with Gasteiger partial charge in [0.25, 0.3) is 0 Å². The van der Waals surface area contributed by atoms with Crippen LogP contribution in [0, 0.1) is 11.8 Å². The Balaban J connectivity index is 4.47. The second-order valence-electron chi connectivity index (χ2n) is 3.46. The Morgan fingerprint density at radius 3 is 2.36 bits per heavy atom. The van der Waals surface area contributed by atoms with Crippen molar-refractivity contribution in [2.24, 2.45) is 11.8 Å². The number of methoxy groups -OCH3 is 1. The van der Waals surface area contributed by atoms with Gasteiger partial charge in [-0.05, 0) is 19.8 Å². The predicted molar refractivity (Wildman–Crippen MR) is 54.8 cm³/mol. The highest BCUT2D eigenvalue weighted by atomic mass is 16.5. The SMILES string of the molecule is C/C=C/[C@@H](C(=O)OC)[C@@H](C)CC(C)=O. The lowest BCUT2D eigenvalue weighted by Gasteiger charge is -2.17. The Labute approximate surface area is 85.1 Å². The van der Waals surface area contributed by atoms with Crippen molar-refractivity contribution in [1.82, 2.24) is 0 Å².